The number of hydrogen-bond acceptors (Lipinski definition) is 3. The van der Waals surface area contributed by atoms with E-state index in [0.717, 1.165) is 13.0 Å². The fourth-order valence-electron chi connectivity index (χ4n) is 3.17. The second-order valence-electron chi connectivity index (χ2n) is 6.55. The number of fused-ring (bicyclic) bond motifs is 1. The summed E-state index contributed by atoms with van der Waals surface area (Å²) in [5, 5.41) is 6.65. The second-order valence-corrected chi connectivity index (χ2v) is 6.55. The average molecular weight is 254 g/mol. The number of hydrogen-bond donors (Lipinski definition) is 2. The van der Waals surface area contributed by atoms with Crippen LogP contribution in [0.1, 0.15) is 52.9 Å². The van der Waals surface area contributed by atoms with Crippen LogP contribution in [0.5, 0.6) is 0 Å². The van der Waals surface area contributed by atoms with Gasteiger partial charge in [0.1, 0.15) is 5.60 Å². The molecule has 104 valence electrons. The topological polar surface area (TPSA) is 50.4 Å². The van der Waals surface area contributed by atoms with Crippen LogP contribution >= 0.6 is 0 Å². The number of nitrogens with one attached hydrogen (secondary N) is 2. The van der Waals surface area contributed by atoms with Gasteiger partial charge in [-0.2, -0.15) is 0 Å². The molecule has 4 heteroatoms. The number of rotatable bonds is 1. The highest BCUT2D eigenvalue weighted by Gasteiger charge is 2.36. The zero-order valence-corrected chi connectivity index (χ0v) is 11.8. The van der Waals surface area contributed by atoms with Crippen LogP contribution in [0.2, 0.25) is 0 Å². The molecular formula is C14H26N2O2. The molecule has 2 fully saturated rings. The van der Waals surface area contributed by atoms with Crippen LogP contribution in [-0.4, -0.2) is 30.3 Å². The first-order valence-corrected chi connectivity index (χ1v) is 7.18. The van der Waals surface area contributed by atoms with Gasteiger partial charge in [0, 0.05) is 12.1 Å². The minimum Gasteiger partial charge on any atom is -0.444 e. The summed E-state index contributed by atoms with van der Waals surface area (Å²) in [4.78, 5) is 11.8. The van der Waals surface area contributed by atoms with Crippen molar-refractivity contribution >= 4 is 6.09 Å². The number of carbonyl (C=O) groups is 1. The second kappa shape index (κ2) is 5.47. The number of alkyl carbamates (subject to hydrolysis) is 1. The number of carbonyl (C=O) groups excluding carboxylic acids is 1. The van der Waals surface area contributed by atoms with Gasteiger partial charge in [-0.15, -0.1) is 0 Å². The van der Waals surface area contributed by atoms with E-state index in [9.17, 15) is 4.79 Å². The van der Waals surface area contributed by atoms with Gasteiger partial charge in [0.05, 0.1) is 0 Å². The summed E-state index contributed by atoms with van der Waals surface area (Å²) < 4.78 is 5.35. The minimum absolute atomic E-state index is 0.265. The number of ether oxygens (including phenoxy) is 1. The van der Waals surface area contributed by atoms with Crippen LogP contribution in [0.15, 0.2) is 0 Å². The van der Waals surface area contributed by atoms with Crippen molar-refractivity contribution in [3.63, 3.8) is 0 Å². The molecule has 1 amide bonds. The zero-order valence-electron chi connectivity index (χ0n) is 11.8. The summed E-state index contributed by atoms with van der Waals surface area (Å²) in [5.41, 5.74) is -0.414. The SMILES string of the molecule is CC(C)(C)OC(=O)NC1CCNC2CCCCC21. The Morgan fingerprint density at radius 1 is 1.22 bits per heavy atom. The zero-order chi connectivity index (χ0) is 13.2. The molecule has 3 atom stereocenters. The Morgan fingerprint density at radius 3 is 2.67 bits per heavy atom. The third-order valence-corrected chi connectivity index (χ3v) is 3.90. The quantitative estimate of drug-likeness (QED) is 0.755. The molecule has 3 unspecified atom stereocenters. The highest BCUT2D eigenvalue weighted by atomic mass is 16.6. The molecule has 0 aromatic carbocycles. The lowest BCUT2D eigenvalue weighted by atomic mass is 9.76. The van der Waals surface area contributed by atoms with Gasteiger partial charge in [0.15, 0.2) is 0 Å². The van der Waals surface area contributed by atoms with E-state index in [1.165, 1.54) is 25.7 Å². The van der Waals surface area contributed by atoms with E-state index in [4.69, 9.17) is 4.74 Å². The molecule has 1 saturated carbocycles. The van der Waals surface area contributed by atoms with Gasteiger partial charge in [-0.1, -0.05) is 12.8 Å². The van der Waals surface area contributed by atoms with Crippen LogP contribution in [0.4, 0.5) is 4.79 Å². The largest absolute Gasteiger partial charge is 0.444 e. The summed E-state index contributed by atoms with van der Waals surface area (Å²) in [6, 6.07) is 0.874. The van der Waals surface area contributed by atoms with E-state index in [1.54, 1.807) is 0 Å². The molecule has 18 heavy (non-hydrogen) atoms. The molecule has 0 aromatic rings. The molecule has 0 radical (unpaired) electrons. The lowest BCUT2D eigenvalue weighted by Gasteiger charge is -2.42. The molecule has 4 nitrogen and oxygen atoms in total. The first kappa shape index (κ1) is 13.7. The Bertz CT molecular complexity index is 297. The summed E-state index contributed by atoms with van der Waals surface area (Å²) in [7, 11) is 0. The maximum absolute atomic E-state index is 11.8. The predicted octanol–water partition coefficient (Wildman–Crippen LogP) is 2.43. The molecule has 2 rings (SSSR count). The highest BCUT2D eigenvalue weighted by molar-refractivity contribution is 5.68. The summed E-state index contributed by atoms with van der Waals surface area (Å²) in [6.07, 6.45) is 5.82. The van der Waals surface area contributed by atoms with Crippen molar-refractivity contribution in [2.45, 2.75) is 70.6 Å². The van der Waals surface area contributed by atoms with Crippen molar-refractivity contribution in [2.75, 3.05) is 6.54 Å². The van der Waals surface area contributed by atoms with Crippen molar-refractivity contribution in [3.05, 3.63) is 0 Å². The first-order chi connectivity index (χ1) is 8.46. The van der Waals surface area contributed by atoms with E-state index in [-0.39, 0.29) is 12.1 Å². The van der Waals surface area contributed by atoms with Gasteiger partial charge in [-0.3, -0.25) is 0 Å². The van der Waals surface area contributed by atoms with Crippen LogP contribution in [0.3, 0.4) is 0 Å². The van der Waals surface area contributed by atoms with Gasteiger partial charge in [0.25, 0.3) is 0 Å². The Balaban J connectivity index is 1.89. The summed E-state index contributed by atoms with van der Waals surface area (Å²) in [5.74, 6) is 0.583. The normalized spacial score (nSPS) is 32.5. The Kier molecular flexibility index (Phi) is 4.15. The third kappa shape index (κ3) is 3.61. The standard InChI is InChI=1S/C14H26N2O2/c1-14(2,3)18-13(17)16-12-8-9-15-11-7-5-4-6-10(11)12/h10-12,15H,4-9H2,1-3H3,(H,16,17). The fraction of sp³-hybridized carbons (Fsp3) is 0.929. The summed E-state index contributed by atoms with van der Waals surface area (Å²) >= 11 is 0. The molecule has 1 heterocycles. The Hall–Kier alpha value is -0.770. The van der Waals surface area contributed by atoms with Crippen LogP contribution in [0.25, 0.3) is 0 Å². The van der Waals surface area contributed by atoms with Crippen molar-refractivity contribution < 1.29 is 9.53 Å². The lowest BCUT2D eigenvalue weighted by molar-refractivity contribution is 0.0441. The minimum atomic E-state index is -0.414. The molecule has 1 saturated heterocycles. The third-order valence-electron chi connectivity index (χ3n) is 3.90. The van der Waals surface area contributed by atoms with Gasteiger partial charge < -0.3 is 15.4 Å². The Morgan fingerprint density at radius 2 is 1.94 bits per heavy atom. The van der Waals surface area contributed by atoms with E-state index in [1.807, 2.05) is 20.8 Å². The smallest absolute Gasteiger partial charge is 0.407 e. The van der Waals surface area contributed by atoms with E-state index < -0.39 is 5.60 Å². The summed E-state index contributed by atoms with van der Waals surface area (Å²) in [6.45, 7) is 6.71. The molecule has 0 bridgehead atoms. The maximum atomic E-state index is 11.8. The van der Waals surface area contributed by atoms with E-state index in [2.05, 4.69) is 10.6 Å². The van der Waals surface area contributed by atoms with Crippen molar-refractivity contribution in [3.8, 4) is 0 Å². The van der Waals surface area contributed by atoms with Crippen molar-refractivity contribution in [1.82, 2.24) is 10.6 Å². The molecule has 1 aliphatic carbocycles. The molecule has 2 N–H and O–H groups in total. The molecular weight excluding hydrogens is 228 g/mol. The number of piperidine rings is 1. The first-order valence-electron chi connectivity index (χ1n) is 7.18. The van der Waals surface area contributed by atoms with E-state index in [0.29, 0.717) is 12.0 Å². The average Bonchev–Trinajstić information content (AvgIpc) is 2.27. The fourth-order valence-corrected chi connectivity index (χ4v) is 3.17. The number of amides is 1. The van der Waals surface area contributed by atoms with Crippen LogP contribution in [-0.2, 0) is 4.74 Å². The van der Waals surface area contributed by atoms with Crippen LogP contribution in [0, 0.1) is 5.92 Å². The van der Waals surface area contributed by atoms with Crippen LogP contribution < -0.4 is 10.6 Å². The molecule has 0 aromatic heterocycles. The molecule has 1 aliphatic heterocycles. The highest BCUT2D eigenvalue weighted by Crippen LogP contribution is 2.31. The monoisotopic (exact) mass is 254 g/mol. The van der Waals surface area contributed by atoms with Gasteiger partial charge >= 0.3 is 6.09 Å². The van der Waals surface area contributed by atoms with Gasteiger partial charge in [-0.25, -0.2) is 4.79 Å². The van der Waals surface area contributed by atoms with Gasteiger partial charge in [0.2, 0.25) is 0 Å². The lowest BCUT2D eigenvalue weighted by Crippen LogP contribution is -2.56. The molecule has 0 spiro atoms. The maximum Gasteiger partial charge on any atom is 0.407 e. The van der Waals surface area contributed by atoms with E-state index >= 15 is 0 Å². The Labute approximate surface area is 110 Å². The predicted molar refractivity (Wildman–Crippen MR) is 71.5 cm³/mol. The van der Waals surface area contributed by atoms with Gasteiger partial charge in [-0.05, 0) is 52.5 Å². The van der Waals surface area contributed by atoms with Crippen molar-refractivity contribution in [2.24, 2.45) is 5.92 Å². The van der Waals surface area contributed by atoms with Crippen molar-refractivity contribution in [1.29, 1.82) is 0 Å². The molecule has 2 aliphatic rings.